The van der Waals surface area contributed by atoms with Crippen LogP contribution in [0.2, 0.25) is 0 Å². The number of rotatable bonds is 11. The zero-order valence-electron chi connectivity index (χ0n) is 21.3. The molecular formula is C29H31Br2N3O4. The van der Waals surface area contributed by atoms with Gasteiger partial charge in [-0.2, -0.15) is 0 Å². The van der Waals surface area contributed by atoms with Crippen LogP contribution in [-0.2, 0) is 16.0 Å². The van der Waals surface area contributed by atoms with Crippen molar-refractivity contribution < 1.29 is 19.4 Å². The Kier molecular flexibility index (Phi) is 9.59. The lowest BCUT2D eigenvalue weighted by Crippen LogP contribution is -2.55. The maximum Gasteiger partial charge on any atom is 0.266 e. The van der Waals surface area contributed by atoms with Crippen LogP contribution >= 0.6 is 31.9 Å². The molecule has 3 aromatic rings. The molecule has 0 fully saturated rings. The summed E-state index contributed by atoms with van der Waals surface area (Å²) in [5.74, 6) is 0.781. The molecule has 0 unspecified atom stereocenters. The topological polar surface area (TPSA) is 92.2 Å². The van der Waals surface area contributed by atoms with Crippen molar-refractivity contribution >= 4 is 43.7 Å². The van der Waals surface area contributed by atoms with Gasteiger partial charge in [-0.3, -0.25) is 10.2 Å². The summed E-state index contributed by atoms with van der Waals surface area (Å²) in [7, 11) is 0. The minimum atomic E-state index is -1.29. The van der Waals surface area contributed by atoms with Gasteiger partial charge in [-0.15, -0.1) is 0 Å². The van der Waals surface area contributed by atoms with Crippen LogP contribution in [0.1, 0.15) is 43.1 Å². The number of carbonyl (C=O) groups is 1. The normalized spacial score (nSPS) is 18.7. The minimum absolute atomic E-state index is 0.0368. The number of hydrazine groups is 1. The van der Waals surface area contributed by atoms with Crippen LogP contribution in [0, 0.1) is 0 Å². The lowest BCUT2D eigenvalue weighted by atomic mass is 9.82. The summed E-state index contributed by atoms with van der Waals surface area (Å²) in [5, 5.41) is 9.00. The number of benzene rings is 3. The Labute approximate surface area is 239 Å². The highest BCUT2D eigenvalue weighted by molar-refractivity contribution is 9.10. The molecule has 38 heavy (non-hydrogen) atoms. The summed E-state index contributed by atoms with van der Waals surface area (Å²) in [6.45, 7) is 4.42. The van der Waals surface area contributed by atoms with Gasteiger partial charge >= 0.3 is 0 Å². The Morgan fingerprint density at radius 2 is 1.79 bits per heavy atom. The first kappa shape index (κ1) is 28.3. The molecule has 0 radical (unpaired) electrons. The molecule has 1 aliphatic rings. The summed E-state index contributed by atoms with van der Waals surface area (Å²) < 4.78 is 14.0. The Morgan fingerprint density at radius 1 is 1.08 bits per heavy atom. The Hall–Kier alpha value is -2.72. The largest absolute Gasteiger partial charge is 0.494 e. The van der Waals surface area contributed by atoms with Crippen molar-refractivity contribution in [2.24, 2.45) is 4.99 Å². The van der Waals surface area contributed by atoms with Crippen LogP contribution in [0.15, 0.2) is 86.7 Å². The number of hydrogen-bond acceptors (Lipinski definition) is 6. The number of amides is 1. The monoisotopic (exact) mass is 643 g/mol. The van der Waals surface area contributed by atoms with E-state index >= 15 is 0 Å². The highest BCUT2D eigenvalue weighted by Gasteiger charge is 2.53. The van der Waals surface area contributed by atoms with Crippen molar-refractivity contribution in [1.29, 1.82) is 0 Å². The van der Waals surface area contributed by atoms with E-state index in [0.717, 1.165) is 25.6 Å². The van der Waals surface area contributed by atoms with E-state index < -0.39 is 11.6 Å². The van der Waals surface area contributed by atoms with Crippen molar-refractivity contribution in [3.8, 4) is 5.75 Å². The molecule has 3 N–H and O–H groups in total. The third-order valence-electron chi connectivity index (χ3n) is 6.09. The molecule has 0 saturated carbocycles. The number of halogens is 2. The van der Waals surface area contributed by atoms with Gasteiger partial charge in [-0.1, -0.05) is 62.2 Å². The third-order valence-corrected chi connectivity index (χ3v) is 7.40. The number of aliphatic hydroxyl groups excluding tert-OH is 1. The number of ether oxygens (including phenoxy) is 2. The van der Waals surface area contributed by atoms with E-state index in [0.29, 0.717) is 31.1 Å². The average molecular weight is 645 g/mol. The van der Waals surface area contributed by atoms with Crippen molar-refractivity contribution in [2.45, 2.75) is 44.4 Å². The van der Waals surface area contributed by atoms with Gasteiger partial charge in [0.05, 0.1) is 6.61 Å². The second-order valence-corrected chi connectivity index (χ2v) is 11.1. The molecule has 0 aromatic heterocycles. The fraction of sp³-hybridized carbons (Fsp3) is 0.310. The van der Waals surface area contributed by atoms with Gasteiger partial charge in [0.1, 0.15) is 5.75 Å². The number of nitrogens with zero attached hydrogens (tertiary/aromatic N) is 1. The average Bonchev–Trinajstić information content (AvgIpc) is 3.30. The van der Waals surface area contributed by atoms with Crippen LogP contribution < -0.4 is 15.6 Å². The number of carbonyl (C=O) groups excluding carboxylic acids is 1. The molecule has 1 aliphatic heterocycles. The second-order valence-electron chi connectivity index (χ2n) is 9.36. The molecule has 0 spiro atoms. The van der Waals surface area contributed by atoms with E-state index in [2.05, 4.69) is 42.7 Å². The fourth-order valence-corrected chi connectivity index (χ4v) is 4.86. The highest BCUT2D eigenvalue weighted by atomic mass is 79.9. The minimum Gasteiger partial charge on any atom is -0.494 e. The summed E-state index contributed by atoms with van der Waals surface area (Å²) >= 11 is 7.15. The lowest BCUT2D eigenvalue weighted by molar-refractivity contribution is -0.130. The molecule has 0 bridgehead atoms. The van der Waals surface area contributed by atoms with E-state index in [4.69, 9.17) is 19.6 Å². The SMILES string of the molecule is CC(C)NNC(=O)[C@@]1(Cc2ccccc2Br)N=C(c2ccc(OCCCO)cc2)O[C@H]1c1ccc(Br)cc1. The lowest BCUT2D eigenvalue weighted by Gasteiger charge is -2.31. The number of aliphatic hydroxyl groups is 1. The molecule has 0 aliphatic carbocycles. The van der Waals surface area contributed by atoms with Gasteiger partial charge in [-0.05, 0) is 67.4 Å². The number of aliphatic imine (C=N–C) groups is 1. The fourth-order valence-electron chi connectivity index (χ4n) is 4.17. The molecule has 1 amide bonds. The molecule has 0 saturated heterocycles. The smallest absolute Gasteiger partial charge is 0.266 e. The van der Waals surface area contributed by atoms with E-state index in [-0.39, 0.29) is 18.6 Å². The predicted molar refractivity (Wildman–Crippen MR) is 155 cm³/mol. The Balaban J connectivity index is 1.78. The van der Waals surface area contributed by atoms with Crippen LogP contribution in [0.5, 0.6) is 5.75 Å². The van der Waals surface area contributed by atoms with Crippen LogP contribution in [0.3, 0.4) is 0 Å². The van der Waals surface area contributed by atoms with Crippen molar-refractivity contribution in [3.05, 3.63) is 98.4 Å². The first-order valence-electron chi connectivity index (χ1n) is 12.5. The second kappa shape index (κ2) is 12.9. The van der Waals surface area contributed by atoms with Crippen LogP contribution in [0.4, 0.5) is 0 Å². The summed E-state index contributed by atoms with van der Waals surface area (Å²) in [6, 6.07) is 23.0. The van der Waals surface area contributed by atoms with Crippen molar-refractivity contribution in [2.75, 3.05) is 13.2 Å². The maximum absolute atomic E-state index is 14.0. The first-order valence-corrected chi connectivity index (χ1v) is 14.1. The molecule has 7 nitrogen and oxygen atoms in total. The van der Waals surface area contributed by atoms with Gasteiger partial charge in [0, 0.05) is 40.0 Å². The molecule has 9 heteroatoms. The highest BCUT2D eigenvalue weighted by Crippen LogP contribution is 2.43. The van der Waals surface area contributed by atoms with Crippen LogP contribution in [0.25, 0.3) is 0 Å². The summed E-state index contributed by atoms with van der Waals surface area (Å²) in [5.41, 5.74) is 7.15. The van der Waals surface area contributed by atoms with E-state index in [1.54, 1.807) is 0 Å². The molecule has 2 atom stereocenters. The standard InChI is InChI=1S/C29H31Br2N3O4/c1-19(2)33-34-28(36)29(18-22-6-3-4-7-25(22)31)26(20-8-12-23(30)13-9-20)38-27(32-29)21-10-14-24(15-11-21)37-17-5-16-35/h3-4,6-15,19,26,33,35H,5,16-18H2,1-2H3,(H,34,36)/t26-,29-/m0/s1. The molecular weight excluding hydrogens is 614 g/mol. The summed E-state index contributed by atoms with van der Waals surface area (Å²) in [4.78, 5) is 19.0. The maximum atomic E-state index is 14.0. The van der Waals surface area contributed by atoms with E-state index in [1.807, 2.05) is 86.6 Å². The Morgan fingerprint density at radius 3 is 2.45 bits per heavy atom. The van der Waals surface area contributed by atoms with Crippen molar-refractivity contribution in [1.82, 2.24) is 10.9 Å². The quantitative estimate of drug-likeness (QED) is 0.189. The van der Waals surface area contributed by atoms with Gasteiger partial charge in [0.2, 0.25) is 5.90 Å². The molecule has 4 rings (SSSR count). The molecule has 3 aromatic carbocycles. The summed E-state index contributed by atoms with van der Waals surface area (Å²) in [6.07, 6.45) is 0.197. The number of nitrogens with one attached hydrogen (secondary N) is 2. The Bertz CT molecular complexity index is 1270. The van der Waals surface area contributed by atoms with Gasteiger partial charge in [0.15, 0.2) is 11.6 Å². The zero-order chi connectivity index (χ0) is 27.1. The predicted octanol–water partition coefficient (Wildman–Crippen LogP) is 5.50. The zero-order valence-corrected chi connectivity index (χ0v) is 24.5. The van der Waals surface area contributed by atoms with Gasteiger partial charge < -0.3 is 14.6 Å². The molecule has 1 heterocycles. The van der Waals surface area contributed by atoms with Gasteiger partial charge in [-0.25, -0.2) is 10.4 Å². The molecule has 200 valence electrons. The third kappa shape index (κ3) is 6.64. The number of hydrogen-bond donors (Lipinski definition) is 3. The van der Waals surface area contributed by atoms with Crippen molar-refractivity contribution in [3.63, 3.8) is 0 Å². The van der Waals surface area contributed by atoms with E-state index in [1.165, 1.54) is 0 Å². The van der Waals surface area contributed by atoms with Gasteiger partial charge in [0.25, 0.3) is 5.91 Å². The first-order chi connectivity index (χ1) is 18.3. The van der Waals surface area contributed by atoms with E-state index in [9.17, 15) is 4.79 Å². The van der Waals surface area contributed by atoms with Crippen LogP contribution in [-0.4, -0.2) is 41.7 Å².